The van der Waals surface area contributed by atoms with E-state index in [4.69, 9.17) is 16.3 Å². The van der Waals surface area contributed by atoms with Crippen molar-refractivity contribution in [1.82, 2.24) is 0 Å². The van der Waals surface area contributed by atoms with Crippen molar-refractivity contribution in [3.63, 3.8) is 0 Å². The fraction of sp³-hybridized carbons (Fsp3) is 0.444. The summed E-state index contributed by atoms with van der Waals surface area (Å²) in [6.45, 7) is 7.02. The molecule has 0 rings (SSSR count). The minimum Gasteiger partial charge on any atom is -0.411 e. The molecule has 0 radical (unpaired) electrons. The van der Waals surface area contributed by atoms with Crippen LogP contribution in [0.4, 0.5) is 0 Å². The lowest BCUT2D eigenvalue weighted by Crippen LogP contribution is -2.01. The number of rotatable bonds is 4. The number of esters is 1. The average molecular weight is 189 g/mol. The zero-order valence-corrected chi connectivity index (χ0v) is 8.15. The van der Waals surface area contributed by atoms with Gasteiger partial charge in [-0.3, -0.25) is 0 Å². The lowest BCUT2D eigenvalue weighted by molar-refractivity contribution is -0.134. The predicted molar refractivity (Wildman–Crippen MR) is 49.8 cm³/mol. The Morgan fingerprint density at radius 1 is 1.67 bits per heavy atom. The highest BCUT2D eigenvalue weighted by Gasteiger charge is 2.04. The summed E-state index contributed by atoms with van der Waals surface area (Å²) in [7, 11) is 0. The summed E-state index contributed by atoms with van der Waals surface area (Å²) in [5.41, 5.74) is 0.345. The van der Waals surface area contributed by atoms with E-state index < -0.39 is 5.97 Å². The number of carbonyl (C=O) groups is 1. The molecule has 0 aromatic heterocycles. The maximum absolute atomic E-state index is 10.9. The zero-order valence-electron chi connectivity index (χ0n) is 7.39. The summed E-state index contributed by atoms with van der Waals surface area (Å²) >= 11 is 5.58. The highest BCUT2D eigenvalue weighted by molar-refractivity contribution is 6.29. The van der Waals surface area contributed by atoms with Crippen molar-refractivity contribution in [1.29, 1.82) is 0 Å². The largest absolute Gasteiger partial charge is 0.411 e. The van der Waals surface area contributed by atoms with Crippen LogP contribution in [-0.4, -0.2) is 5.97 Å². The minimum atomic E-state index is -0.479. The van der Waals surface area contributed by atoms with Crippen LogP contribution in [0.15, 0.2) is 23.4 Å². The van der Waals surface area contributed by atoms with Crippen LogP contribution in [0.1, 0.15) is 26.7 Å². The second-order valence-corrected chi connectivity index (χ2v) is 2.84. The van der Waals surface area contributed by atoms with Crippen molar-refractivity contribution in [2.45, 2.75) is 26.7 Å². The standard InChI is InChI=1S/C9H13ClO2/c1-4-5-6-8(10)12-9(11)7(2)3/h6H,2,4-5H2,1,3H3/b8-6-. The van der Waals surface area contributed by atoms with Crippen molar-refractivity contribution in [3.05, 3.63) is 23.4 Å². The normalized spacial score (nSPS) is 11.1. The third-order valence-electron chi connectivity index (χ3n) is 1.13. The molecular formula is C9H13ClO2. The van der Waals surface area contributed by atoms with Crippen molar-refractivity contribution in [3.8, 4) is 0 Å². The van der Waals surface area contributed by atoms with Crippen LogP contribution in [0.25, 0.3) is 0 Å². The molecule has 3 heteroatoms. The van der Waals surface area contributed by atoms with E-state index in [1.807, 2.05) is 6.92 Å². The van der Waals surface area contributed by atoms with Crippen LogP contribution in [0, 0.1) is 0 Å². The van der Waals surface area contributed by atoms with Gasteiger partial charge in [0, 0.05) is 5.57 Å². The second kappa shape index (κ2) is 5.84. The molecular weight excluding hydrogens is 176 g/mol. The number of unbranched alkanes of at least 4 members (excludes halogenated alkanes) is 1. The van der Waals surface area contributed by atoms with Gasteiger partial charge >= 0.3 is 5.97 Å². The number of carbonyl (C=O) groups excluding carboxylic acids is 1. The highest BCUT2D eigenvalue weighted by atomic mass is 35.5. The van der Waals surface area contributed by atoms with Gasteiger partial charge in [-0.05, 0) is 31.0 Å². The van der Waals surface area contributed by atoms with Gasteiger partial charge in [-0.2, -0.15) is 0 Å². The molecule has 0 heterocycles. The van der Waals surface area contributed by atoms with Crippen LogP contribution in [0.2, 0.25) is 0 Å². The van der Waals surface area contributed by atoms with E-state index in [-0.39, 0.29) is 5.22 Å². The topological polar surface area (TPSA) is 26.3 Å². The second-order valence-electron chi connectivity index (χ2n) is 2.47. The van der Waals surface area contributed by atoms with Gasteiger partial charge in [0.05, 0.1) is 0 Å². The van der Waals surface area contributed by atoms with Crippen molar-refractivity contribution in [2.24, 2.45) is 0 Å². The molecule has 0 saturated carbocycles. The zero-order chi connectivity index (χ0) is 9.56. The Morgan fingerprint density at radius 2 is 2.25 bits per heavy atom. The van der Waals surface area contributed by atoms with E-state index in [9.17, 15) is 4.79 Å². The Hall–Kier alpha value is -0.760. The fourth-order valence-corrected chi connectivity index (χ4v) is 0.654. The lowest BCUT2D eigenvalue weighted by Gasteiger charge is -2.00. The molecule has 0 bridgehead atoms. The number of allylic oxidation sites excluding steroid dienone is 1. The van der Waals surface area contributed by atoms with Crippen LogP contribution in [-0.2, 0) is 9.53 Å². The van der Waals surface area contributed by atoms with Gasteiger partial charge in [0.2, 0.25) is 0 Å². The Bertz CT molecular complexity index is 207. The molecule has 0 unspecified atom stereocenters. The summed E-state index contributed by atoms with van der Waals surface area (Å²) in [6, 6.07) is 0. The fourth-order valence-electron chi connectivity index (χ4n) is 0.475. The maximum atomic E-state index is 10.9. The van der Waals surface area contributed by atoms with Gasteiger partial charge in [0.25, 0.3) is 0 Å². The van der Waals surface area contributed by atoms with Crippen LogP contribution < -0.4 is 0 Å². The van der Waals surface area contributed by atoms with E-state index in [0.717, 1.165) is 12.8 Å². The SMILES string of the molecule is C=C(C)C(=O)O/C(Cl)=C\CCC. The van der Waals surface area contributed by atoms with Crippen LogP contribution >= 0.6 is 11.6 Å². The number of ether oxygens (including phenoxy) is 1. The monoisotopic (exact) mass is 188 g/mol. The first-order chi connectivity index (χ1) is 5.57. The number of hydrogen-bond donors (Lipinski definition) is 0. The van der Waals surface area contributed by atoms with E-state index in [1.54, 1.807) is 13.0 Å². The van der Waals surface area contributed by atoms with E-state index in [2.05, 4.69) is 6.58 Å². The van der Waals surface area contributed by atoms with Crippen molar-refractivity contribution >= 4 is 17.6 Å². The molecule has 0 fully saturated rings. The Kier molecular flexibility index (Phi) is 5.47. The summed E-state index contributed by atoms with van der Waals surface area (Å²) in [6.07, 6.45) is 3.45. The predicted octanol–water partition coefficient (Wildman–Crippen LogP) is 2.99. The minimum absolute atomic E-state index is 0.129. The van der Waals surface area contributed by atoms with Crippen molar-refractivity contribution in [2.75, 3.05) is 0 Å². The van der Waals surface area contributed by atoms with Gasteiger partial charge in [-0.15, -0.1) is 0 Å². The van der Waals surface area contributed by atoms with E-state index in [0.29, 0.717) is 5.57 Å². The summed E-state index contributed by atoms with van der Waals surface area (Å²) in [5.74, 6) is -0.479. The summed E-state index contributed by atoms with van der Waals surface area (Å²) < 4.78 is 4.70. The Balaban J connectivity index is 3.91. The first-order valence-corrected chi connectivity index (χ1v) is 4.19. The molecule has 0 aromatic rings. The molecule has 12 heavy (non-hydrogen) atoms. The molecule has 68 valence electrons. The molecule has 0 aliphatic carbocycles. The molecule has 0 atom stereocenters. The molecule has 0 N–H and O–H groups in total. The molecule has 0 aliphatic heterocycles. The molecule has 0 saturated heterocycles. The highest BCUT2D eigenvalue weighted by Crippen LogP contribution is 2.08. The molecule has 0 aromatic carbocycles. The quantitative estimate of drug-likeness (QED) is 0.385. The first kappa shape index (κ1) is 11.2. The van der Waals surface area contributed by atoms with E-state index >= 15 is 0 Å². The molecule has 0 spiro atoms. The third kappa shape index (κ3) is 4.97. The van der Waals surface area contributed by atoms with Gasteiger partial charge in [0.1, 0.15) is 0 Å². The molecule has 0 amide bonds. The first-order valence-electron chi connectivity index (χ1n) is 3.81. The van der Waals surface area contributed by atoms with Gasteiger partial charge < -0.3 is 4.74 Å². The van der Waals surface area contributed by atoms with Gasteiger partial charge in [-0.1, -0.05) is 19.9 Å². The molecule has 2 nitrogen and oxygen atoms in total. The number of halogens is 1. The third-order valence-corrected chi connectivity index (χ3v) is 1.36. The van der Waals surface area contributed by atoms with Crippen LogP contribution in [0.3, 0.4) is 0 Å². The van der Waals surface area contributed by atoms with Gasteiger partial charge in [0.15, 0.2) is 5.22 Å². The van der Waals surface area contributed by atoms with Crippen molar-refractivity contribution < 1.29 is 9.53 Å². The van der Waals surface area contributed by atoms with E-state index in [1.165, 1.54) is 0 Å². The van der Waals surface area contributed by atoms with Gasteiger partial charge in [-0.25, -0.2) is 4.79 Å². The molecule has 0 aliphatic rings. The average Bonchev–Trinajstić information content (AvgIpc) is 2.00. The summed E-state index contributed by atoms with van der Waals surface area (Å²) in [4.78, 5) is 10.9. The Labute approximate surface area is 77.9 Å². The Morgan fingerprint density at radius 3 is 2.67 bits per heavy atom. The lowest BCUT2D eigenvalue weighted by atomic mass is 10.3. The summed E-state index contributed by atoms with van der Waals surface area (Å²) in [5, 5.41) is 0.129. The maximum Gasteiger partial charge on any atom is 0.339 e. The smallest absolute Gasteiger partial charge is 0.339 e. The number of hydrogen-bond acceptors (Lipinski definition) is 2. The van der Waals surface area contributed by atoms with Crippen LogP contribution in [0.5, 0.6) is 0 Å².